The normalized spacial score (nSPS) is 10.3. The van der Waals surface area contributed by atoms with Gasteiger partial charge < -0.3 is 9.47 Å². The molecule has 10 heteroatoms. The summed E-state index contributed by atoms with van der Waals surface area (Å²) in [5.41, 5.74) is 2.66. The van der Waals surface area contributed by atoms with Crippen LogP contribution in [0.25, 0.3) is 0 Å². The first-order chi connectivity index (χ1) is 12.8. The third-order valence-electron chi connectivity index (χ3n) is 3.36. The predicted octanol–water partition coefficient (Wildman–Crippen LogP) is 2.73. The first kappa shape index (κ1) is 20.0. The van der Waals surface area contributed by atoms with E-state index in [0.29, 0.717) is 12.4 Å². The molecule has 0 aliphatic heterocycles. The highest BCUT2D eigenvalue weighted by Crippen LogP contribution is 2.28. The largest absolute Gasteiger partial charge is 0.493 e. The lowest BCUT2D eigenvalue weighted by Crippen LogP contribution is -2.42. The van der Waals surface area contributed by atoms with Crippen LogP contribution in [0.4, 0.5) is 17.6 Å². The highest BCUT2D eigenvalue weighted by Gasteiger charge is 2.23. The van der Waals surface area contributed by atoms with E-state index in [1.54, 1.807) is 12.3 Å². The number of halogens is 4. The van der Waals surface area contributed by atoms with Gasteiger partial charge >= 0.3 is 0 Å². The topological polar surface area (TPSA) is 76.7 Å². The second-order valence-electron chi connectivity index (χ2n) is 5.05. The van der Waals surface area contributed by atoms with E-state index in [9.17, 15) is 27.2 Å². The van der Waals surface area contributed by atoms with Gasteiger partial charge in [-0.2, -0.15) is 0 Å². The Balaban J connectivity index is 2.13. The Morgan fingerprint density at radius 2 is 1.59 bits per heavy atom. The Labute approximate surface area is 151 Å². The van der Waals surface area contributed by atoms with Crippen LogP contribution in [-0.4, -0.2) is 25.5 Å². The maximum absolute atomic E-state index is 13.6. The molecule has 0 heterocycles. The number of nitrogens with one attached hydrogen (secondary N) is 2. The Bertz CT molecular complexity index is 890. The molecule has 0 aliphatic carbocycles. The zero-order valence-corrected chi connectivity index (χ0v) is 14.2. The number of carbonyl (C=O) groups excluding carboxylic acids is 2. The first-order valence-electron chi connectivity index (χ1n) is 7.54. The number of hydrazine groups is 1. The third-order valence-corrected chi connectivity index (χ3v) is 3.36. The molecule has 0 saturated heterocycles. The minimum absolute atomic E-state index is 0.0487. The van der Waals surface area contributed by atoms with E-state index in [1.807, 2.05) is 5.43 Å². The van der Waals surface area contributed by atoms with Crippen LogP contribution in [0, 0.1) is 23.3 Å². The summed E-state index contributed by atoms with van der Waals surface area (Å²) in [6, 6.07) is 4.33. The Kier molecular flexibility index (Phi) is 6.22. The molecular weight excluding hydrogens is 372 g/mol. The lowest BCUT2D eigenvalue weighted by Gasteiger charge is -2.12. The summed E-state index contributed by atoms with van der Waals surface area (Å²) in [6.45, 7) is 2.13. The van der Waals surface area contributed by atoms with E-state index in [4.69, 9.17) is 9.47 Å². The SMILES string of the molecule is CCOc1ccc(C(=O)NNC(=O)c2cc(F)c(F)c(F)c2F)cc1OC. The van der Waals surface area contributed by atoms with Crippen LogP contribution in [0.3, 0.4) is 0 Å². The molecule has 6 nitrogen and oxygen atoms in total. The second kappa shape index (κ2) is 8.39. The van der Waals surface area contributed by atoms with E-state index in [0.717, 1.165) is 0 Å². The summed E-state index contributed by atoms with van der Waals surface area (Å²) in [4.78, 5) is 23.9. The van der Waals surface area contributed by atoms with Crippen molar-refractivity contribution in [2.24, 2.45) is 0 Å². The van der Waals surface area contributed by atoms with Crippen molar-refractivity contribution in [3.8, 4) is 11.5 Å². The molecule has 0 saturated carbocycles. The van der Waals surface area contributed by atoms with Crippen LogP contribution in [-0.2, 0) is 0 Å². The Morgan fingerprint density at radius 3 is 2.22 bits per heavy atom. The minimum Gasteiger partial charge on any atom is -0.493 e. The van der Waals surface area contributed by atoms with E-state index in [-0.39, 0.29) is 17.4 Å². The van der Waals surface area contributed by atoms with Crippen molar-refractivity contribution in [1.82, 2.24) is 10.9 Å². The van der Waals surface area contributed by atoms with Crippen molar-refractivity contribution in [2.75, 3.05) is 13.7 Å². The fraction of sp³-hybridized carbons (Fsp3) is 0.176. The molecule has 0 aromatic heterocycles. The number of hydrogen-bond donors (Lipinski definition) is 2. The minimum atomic E-state index is -2.14. The molecule has 0 spiro atoms. The van der Waals surface area contributed by atoms with Gasteiger partial charge in [0.15, 0.2) is 34.8 Å². The van der Waals surface area contributed by atoms with Gasteiger partial charge in [-0.15, -0.1) is 0 Å². The summed E-state index contributed by atoms with van der Waals surface area (Å²) in [5, 5.41) is 0. The van der Waals surface area contributed by atoms with Crippen molar-refractivity contribution in [3.63, 3.8) is 0 Å². The quantitative estimate of drug-likeness (QED) is 0.359. The van der Waals surface area contributed by atoms with Gasteiger partial charge in [-0.1, -0.05) is 0 Å². The predicted molar refractivity (Wildman–Crippen MR) is 85.4 cm³/mol. The molecule has 0 atom stereocenters. The standard InChI is InChI=1S/C17H14F4N2O4/c1-3-27-11-5-4-8(6-12(11)26-2)16(24)22-23-17(25)9-7-10(18)14(20)15(21)13(9)19/h4-7H,3H2,1-2H3,(H,22,24)(H,23,25). The van der Waals surface area contributed by atoms with Crippen molar-refractivity contribution in [1.29, 1.82) is 0 Å². The van der Waals surface area contributed by atoms with Gasteiger partial charge in [0.1, 0.15) is 0 Å². The molecule has 2 N–H and O–H groups in total. The van der Waals surface area contributed by atoms with Crippen molar-refractivity contribution >= 4 is 11.8 Å². The maximum atomic E-state index is 13.6. The van der Waals surface area contributed by atoms with Gasteiger partial charge in [0.25, 0.3) is 11.8 Å². The lowest BCUT2D eigenvalue weighted by molar-refractivity contribution is 0.0843. The van der Waals surface area contributed by atoms with Crippen molar-refractivity contribution in [2.45, 2.75) is 6.92 Å². The number of methoxy groups -OCH3 is 1. The van der Waals surface area contributed by atoms with Gasteiger partial charge in [-0.3, -0.25) is 20.4 Å². The summed E-state index contributed by atoms with van der Waals surface area (Å²) in [5.74, 6) is -9.38. The van der Waals surface area contributed by atoms with Gasteiger partial charge in [-0.25, -0.2) is 17.6 Å². The summed E-state index contributed by atoms with van der Waals surface area (Å²) in [7, 11) is 1.36. The van der Waals surface area contributed by atoms with Crippen LogP contribution < -0.4 is 20.3 Å². The van der Waals surface area contributed by atoms with Gasteiger partial charge in [0.05, 0.1) is 19.3 Å². The second-order valence-corrected chi connectivity index (χ2v) is 5.05. The van der Waals surface area contributed by atoms with Gasteiger partial charge in [-0.05, 0) is 31.2 Å². The van der Waals surface area contributed by atoms with E-state index < -0.39 is 40.6 Å². The molecule has 0 radical (unpaired) electrons. The lowest BCUT2D eigenvalue weighted by atomic mass is 10.1. The van der Waals surface area contributed by atoms with Crippen LogP contribution in [0.1, 0.15) is 27.6 Å². The summed E-state index contributed by atoms with van der Waals surface area (Å²) >= 11 is 0. The molecule has 2 aromatic carbocycles. The molecule has 144 valence electrons. The number of ether oxygens (including phenoxy) is 2. The first-order valence-corrected chi connectivity index (χ1v) is 7.54. The molecule has 2 amide bonds. The zero-order valence-electron chi connectivity index (χ0n) is 14.2. The van der Waals surface area contributed by atoms with Crippen LogP contribution in [0.15, 0.2) is 24.3 Å². The highest BCUT2D eigenvalue weighted by molar-refractivity contribution is 5.99. The molecular formula is C17H14F4N2O4. The molecule has 0 aliphatic rings. The van der Waals surface area contributed by atoms with E-state index >= 15 is 0 Å². The number of amides is 2. The Morgan fingerprint density at radius 1 is 0.926 bits per heavy atom. The monoisotopic (exact) mass is 386 g/mol. The number of carbonyl (C=O) groups is 2. The average Bonchev–Trinajstić information content (AvgIpc) is 2.67. The summed E-state index contributed by atoms with van der Waals surface area (Å²) in [6.07, 6.45) is 0. The average molecular weight is 386 g/mol. The van der Waals surface area contributed by atoms with Crippen LogP contribution in [0.5, 0.6) is 11.5 Å². The van der Waals surface area contributed by atoms with Crippen molar-refractivity contribution in [3.05, 3.63) is 58.7 Å². The van der Waals surface area contributed by atoms with Crippen LogP contribution in [0.2, 0.25) is 0 Å². The molecule has 0 bridgehead atoms. The van der Waals surface area contributed by atoms with E-state index in [1.165, 1.54) is 25.3 Å². The van der Waals surface area contributed by atoms with Gasteiger partial charge in [0, 0.05) is 5.56 Å². The Hall–Kier alpha value is -3.30. The fourth-order valence-electron chi connectivity index (χ4n) is 2.07. The third kappa shape index (κ3) is 4.27. The molecule has 0 unspecified atom stereocenters. The van der Waals surface area contributed by atoms with Crippen molar-refractivity contribution < 1.29 is 36.6 Å². The fourth-order valence-corrected chi connectivity index (χ4v) is 2.07. The van der Waals surface area contributed by atoms with Gasteiger partial charge in [0.2, 0.25) is 0 Å². The highest BCUT2D eigenvalue weighted by atomic mass is 19.2. The molecule has 27 heavy (non-hydrogen) atoms. The smallest absolute Gasteiger partial charge is 0.272 e. The van der Waals surface area contributed by atoms with E-state index in [2.05, 4.69) is 0 Å². The maximum Gasteiger partial charge on any atom is 0.272 e. The van der Waals surface area contributed by atoms with Crippen LogP contribution >= 0.6 is 0 Å². The molecule has 0 fully saturated rings. The number of hydrogen-bond acceptors (Lipinski definition) is 4. The molecule has 2 rings (SSSR count). The zero-order chi connectivity index (χ0) is 20.1. The number of benzene rings is 2. The molecule has 2 aromatic rings. The summed E-state index contributed by atoms with van der Waals surface area (Å²) < 4.78 is 63.2. The number of rotatable bonds is 5.